The number of nitrogens with zero attached hydrogens (tertiary/aromatic N) is 3. The molecule has 164 valence electrons. The highest BCUT2D eigenvalue weighted by atomic mass is 19.1. The summed E-state index contributed by atoms with van der Waals surface area (Å²) >= 11 is 0. The minimum atomic E-state index is -1.10. The zero-order valence-electron chi connectivity index (χ0n) is 17.8. The second-order valence-corrected chi connectivity index (χ2v) is 7.72. The first-order chi connectivity index (χ1) is 15.9. The van der Waals surface area contributed by atoms with Crippen LogP contribution in [0.5, 0.6) is 0 Å². The lowest BCUT2D eigenvalue weighted by Gasteiger charge is -2.33. The quantitative estimate of drug-likeness (QED) is 0.555. The van der Waals surface area contributed by atoms with Crippen molar-refractivity contribution in [3.63, 3.8) is 0 Å². The second-order valence-electron chi connectivity index (χ2n) is 7.72. The Hall–Kier alpha value is -4.31. The number of hydrogen-bond donors (Lipinski definition) is 0. The van der Waals surface area contributed by atoms with Gasteiger partial charge in [0.2, 0.25) is 5.91 Å². The predicted molar refractivity (Wildman–Crippen MR) is 119 cm³/mol. The second kappa shape index (κ2) is 9.05. The van der Waals surface area contributed by atoms with Crippen LogP contribution in [0.4, 0.5) is 10.1 Å². The van der Waals surface area contributed by atoms with E-state index in [1.165, 1.54) is 47.4 Å². The third-order valence-corrected chi connectivity index (χ3v) is 5.75. The van der Waals surface area contributed by atoms with Gasteiger partial charge in [-0.1, -0.05) is 42.5 Å². The van der Waals surface area contributed by atoms with Crippen LogP contribution in [0.2, 0.25) is 0 Å². The van der Waals surface area contributed by atoms with Crippen LogP contribution in [0.1, 0.15) is 40.9 Å². The van der Waals surface area contributed by atoms with Crippen LogP contribution in [0, 0.1) is 17.1 Å². The summed E-state index contributed by atoms with van der Waals surface area (Å²) in [5.41, 5.74) is 1.29. The molecule has 6 nitrogen and oxygen atoms in total. The minimum Gasteiger partial charge on any atom is -0.319 e. The summed E-state index contributed by atoms with van der Waals surface area (Å²) in [5, 5.41) is 9.00. The minimum absolute atomic E-state index is 0.169. The Kier molecular flexibility index (Phi) is 6.01. The van der Waals surface area contributed by atoms with E-state index in [-0.39, 0.29) is 12.0 Å². The predicted octanol–water partition coefficient (Wildman–Crippen LogP) is 4.23. The molecule has 1 heterocycles. The molecule has 0 radical (unpaired) electrons. The number of imide groups is 1. The first kappa shape index (κ1) is 21.9. The number of rotatable bonds is 5. The Morgan fingerprint density at radius 2 is 1.67 bits per heavy atom. The van der Waals surface area contributed by atoms with Crippen molar-refractivity contribution in [1.29, 1.82) is 5.26 Å². The monoisotopic (exact) mass is 441 g/mol. The molecule has 2 unspecified atom stereocenters. The van der Waals surface area contributed by atoms with Gasteiger partial charge in [-0.2, -0.15) is 5.26 Å². The summed E-state index contributed by atoms with van der Waals surface area (Å²) < 4.78 is 14.5. The highest BCUT2D eigenvalue weighted by Gasteiger charge is 2.46. The van der Waals surface area contributed by atoms with Gasteiger partial charge in [-0.25, -0.2) is 9.29 Å². The van der Waals surface area contributed by atoms with Gasteiger partial charge in [0.05, 0.1) is 35.3 Å². The summed E-state index contributed by atoms with van der Waals surface area (Å²) in [5.74, 6) is -2.41. The Balaban J connectivity index is 1.74. The molecule has 7 heteroatoms. The smallest absolute Gasteiger partial charge is 0.258 e. The van der Waals surface area contributed by atoms with E-state index in [2.05, 4.69) is 0 Å². The lowest BCUT2D eigenvalue weighted by atomic mass is 10.0. The molecule has 1 saturated heterocycles. The van der Waals surface area contributed by atoms with E-state index in [0.717, 1.165) is 10.5 Å². The zero-order valence-corrected chi connectivity index (χ0v) is 17.8. The topological polar surface area (TPSA) is 81.5 Å². The molecule has 0 bridgehead atoms. The average molecular weight is 441 g/mol. The van der Waals surface area contributed by atoms with Crippen molar-refractivity contribution in [1.82, 2.24) is 4.90 Å². The molecule has 0 aliphatic carbocycles. The largest absolute Gasteiger partial charge is 0.319 e. The van der Waals surface area contributed by atoms with E-state index in [0.29, 0.717) is 11.3 Å². The summed E-state index contributed by atoms with van der Waals surface area (Å²) in [6, 6.07) is 21.0. The zero-order chi connectivity index (χ0) is 23.5. The van der Waals surface area contributed by atoms with Crippen molar-refractivity contribution >= 4 is 23.4 Å². The van der Waals surface area contributed by atoms with E-state index < -0.39 is 35.6 Å². The van der Waals surface area contributed by atoms with Crippen LogP contribution < -0.4 is 4.90 Å². The number of hydrogen-bond acceptors (Lipinski definition) is 4. The van der Waals surface area contributed by atoms with E-state index in [9.17, 15) is 18.8 Å². The van der Waals surface area contributed by atoms with Crippen molar-refractivity contribution in [3.05, 3.63) is 101 Å². The van der Waals surface area contributed by atoms with Crippen molar-refractivity contribution in [3.8, 4) is 6.07 Å². The maximum absolute atomic E-state index is 14.5. The van der Waals surface area contributed by atoms with Gasteiger partial charge in [0.15, 0.2) is 0 Å². The third-order valence-electron chi connectivity index (χ3n) is 5.75. The van der Waals surface area contributed by atoms with Gasteiger partial charge >= 0.3 is 0 Å². The molecule has 0 N–H and O–H groups in total. The maximum atomic E-state index is 14.5. The van der Waals surface area contributed by atoms with E-state index in [4.69, 9.17) is 5.26 Å². The molecule has 0 spiro atoms. The molecule has 3 aromatic carbocycles. The third kappa shape index (κ3) is 4.11. The van der Waals surface area contributed by atoms with Gasteiger partial charge < -0.3 is 4.90 Å². The molecule has 1 fully saturated rings. The van der Waals surface area contributed by atoms with Crippen LogP contribution in [0.3, 0.4) is 0 Å². The van der Waals surface area contributed by atoms with Crippen molar-refractivity contribution in [2.24, 2.45) is 0 Å². The number of nitriles is 1. The molecule has 1 aliphatic heterocycles. The normalized spacial score (nSPS) is 16.4. The fourth-order valence-corrected chi connectivity index (χ4v) is 4.04. The van der Waals surface area contributed by atoms with E-state index in [1.54, 1.807) is 13.0 Å². The van der Waals surface area contributed by atoms with Gasteiger partial charge in [0, 0.05) is 0 Å². The molecule has 0 saturated carbocycles. The first-order valence-electron chi connectivity index (χ1n) is 10.4. The number of amides is 3. The van der Waals surface area contributed by atoms with Crippen LogP contribution in [-0.4, -0.2) is 28.7 Å². The number of carbonyl (C=O) groups is 3. The number of anilines is 1. The van der Waals surface area contributed by atoms with Crippen LogP contribution in [-0.2, 0) is 9.59 Å². The number of halogens is 1. The Bertz CT molecular complexity index is 1250. The molecule has 3 aromatic rings. The highest BCUT2D eigenvalue weighted by Crippen LogP contribution is 2.32. The fraction of sp³-hybridized carbons (Fsp3) is 0.154. The van der Waals surface area contributed by atoms with Crippen molar-refractivity contribution < 1.29 is 18.8 Å². The van der Waals surface area contributed by atoms with Crippen LogP contribution >= 0.6 is 0 Å². The summed E-state index contributed by atoms with van der Waals surface area (Å²) in [6.07, 6.45) is -0.226. The standard InChI is InChI=1S/C26H20FN3O3/c1-17(19-7-3-2-4-8-19)29(25(32)21-9-5-6-10-22(21)27)23-15-24(31)30(26(23)33)20-13-11-18(16-28)12-14-20/h2-14,17,23H,15H2,1H3. The SMILES string of the molecule is CC(c1ccccc1)N(C(=O)c1ccccc1F)C1CC(=O)N(c2ccc(C#N)cc2)C1=O. The summed E-state index contributed by atoms with van der Waals surface area (Å²) in [6.45, 7) is 1.75. The molecular weight excluding hydrogens is 421 g/mol. The maximum Gasteiger partial charge on any atom is 0.258 e. The average Bonchev–Trinajstić information content (AvgIpc) is 3.13. The summed E-state index contributed by atoms with van der Waals surface area (Å²) in [4.78, 5) is 42.1. The Labute approximate surface area is 190 Å². The summed E-state index contributed by atoms with van der Waals surface area (Å²) in [7, 11) is 0. The van der Waals surface area contributed by atoms with Gasteiger partial charge in [0.25, 0.3) is 11.8 Å². The molecule has 3 amide bonds. The highest BCUT2D eigenvalue weighted by molar-refractivity contribution is 6.23. The molecular formula is C26H20FN3O3. The van der Waals surface area contributed by atoms with Gasteiger partial charge in [0.1, 0.15) is 11.9 Å². The fourth-order valence-electron chi connectivity index (χ4n) is 4.04. The van der Waals surface area contributed by atoms with Crippen LogP contribution in [0.15, 0.2) is 78.9 Å². The van der Waals surface area contributed by atoms with E-state index >= 15 is 0 Å². The molecule has 4 rings (SSSR count). The van der Waals surface area contributed by atoms with Gasteiger partial charge in [-0.15, -0.1) is 0 Å². The lowest BCUT2D eigenvalue weighted by Crippen LogP contribution is -2.47. The lowest BCUT2D eigenvalue weighted by molar-refractivity contribution is -0.123. The van der Waals surface area contributed by atoms with E-state index in [1.807, 2.05) is 36.4 Å². The molecule has 33 heavy (non-hydrogen) atoms. The van der Waals surface area contributed by atoms with Gasteiger partial charge in [-0.05, 0) is 48.9 Å². The first-order valence-corrected chi connectivity index (χ1v) is 10.4. The molecule has 0 aromatic heterocycles. The van der Waals surface area contributed by atoms with Crippen molar-refractivity contribution in [2.45, 2.75) is 25.4 Å². The Morgan fingerprint density at radius 1 is 1.03 bits per heavy atom. The van der Waals surface area contributed by atoms with Crippen molar-refractivity contribution in [2.75, 3.05) is 4.90 Å². The molecule has 2 atom stereocenters. The number of benzene rings is 3. The molecule has 1 aliphatic rings. The Morgan fingerprint density at radius 3 is 2.30 bits per heavy atom. The number of carbonyl (C=O) groups excluding carboxylic acids is 3. The van der Waals surface area contributed by atoms with Crippen LogP contribution in [0.25, 0.3) is 0 Å². The van der Waals surface area contributed by atoms with Gasteiger partial charge in [-0.3, -0.25) is 14.4 Å².